The van der Waals surface area contributed by atoms with Crippen molar-refractivity contribution < 1.29 is 5.11 Å². The van der Waals surface area contributed by atoms with Crippen molar-refractivity contribution in [2.24, 2.45) is 5.92 Å². The summed E-state index contributed by atoms with van der Waals surface area (Å²) >= 11 is 0. The van der Waals surface area contributed by atoms with E-state index in [-0.39, 0.29) is 0 Å². The predicted octanol–water partition coefficient (Wildman–Crippen LogP) is 2.72. The van der Waals surface area contributed by atoms with Crippen LogP contribution in [0.25, 0.3) is 0 Å². The largest absolute Gasteiger partial charge is 0.508 e. The minimum Gasteiger partial charge on any atom is -0.508 e. The van der Waals surface area contributed by atoms with Crippen molar-refractivity contribution in [1.29, 1.82) is 0 Å². The third-order valence-corrected chi connectivity index (χ3v) is 3.12. The molecule has 0 aliphatic rings. The number of phenolic OH excluding ortho intramolecular Hbond substituents is 1. The van der Waals surface area contributed by atoms with Gasteiger partial charge in [-0.1, -0.05) is 31.5 Å². The van der Waals surface area contributed by atoms with Crippen LogP contribution in [0.1, 0.15) is 25.0 Å². The second-order valence-electron chi connectivity index (χ2n) is 6.06. The lowest BCUT2D eigenvalue weighted by Gasteiger charge is -2.26. The summed E-state index contributed by atoms with van der Waals surface area (Å²) in [4.78, 5) is 4.61. The van der Waals surface area contributed by atoms with Gasteiger partial charge in [0.2, 0.25) is 0 Å². The molecule has 0 aromatic heterocycles. The molecule has 108 valence electrons. The number of hydrogen-bond acceptors (Lipinski definition) is 3. The van der Waals surface area contributed by atoms with Crippen LogP contribution in [0.2, 0.25) is 0 Å². The second kappa shape index (κ2) is 7.51. The average Bonchev–Trinajstić information content (AvgIpc) is 2.30. The number of phenols is 1. The van der Waals surface area contributed by atoms with Crippen LogP contribution < -0.4 is 0 Å². The Labute approximate surface area is 117 Å². The highest BCUT2D eigenvalue weighted by molar-refractivity contribution is 5.35. The van der Waals surface area contributed by atoms with E-state index < -0.39 is 0 Å². The van der Waals surface area contributed by atoms with Crippen LogP contribution in [0.3, 0.4) is 0 Å². The number of nitrogens with zero attached hydrogens (tertiary/aromatic N) is 2. The minimum absolute atomic E-state index is 0.407. The Morgan fingerprint density at radius 2 is 1.84 bits per heavy atom. The maximum absolute atomic E-state index is 9.96. The molecule has 0 aliphatic carbocycles. The van der Waals surface area contributed by atoms with E-state index in [0.29, 0.717) is 11.7 Å². The van der Waals surface area contributed by atoms with Crippen molar-refractivity contribution in [1.82, 2.24) is 9.80 Å². The summed E-state index contributed by atoms with van der Waals surface area (Å²) in [6.07, 6.45) is 0. The summed E-state index contributed by atoms with van der Waals surface area (Å²) in [6, 6.07) is 5.83. The molecule has 0 amide bonds. The summed E-state index contributed by atoms with van der Waals surface area (Å²) in [5.41, 5.74) is 2.23. The topological polar surface area (TPSA) is 26.7 Å². The van der Waals surface area contributed by atoms with Crippen LogP contribution in [0.5, 0.6) is 5.75 Å². The standard InChI is InChI=1S/C16H28N2O/c1-13(2)11-18(9-8-17(4)5)12-15-10-14(3)6-7-16(15)19/h6-7,10,13,19H,8-9,11-12H2,1-5H3. The first-order valence-electron chi connectivity index (χ1n) is 7.04. The van der Waals surface area contributed by atoms with Crippen LogP contribution in [-0.2, 0) is 6.54 Å². The molecule has 3 heteroatoms. The normalized spacial score (nSPS) is 11.8. The van der Waals surface area contributed by atoms with Crippen molar-refractivity contribution in [3.63, 3.8) is 0 Å². The zero-order valence-electron chi connectivity index (χ0n) is 13.0. The minimum atomic E-state index is 0.407. The monoisotopic (exact) mass is 264 g/mol. The first-order chi connectivity index (χ1) is 8.88. The van der Waals surface area contributed by atoms with E-state index in [1.807, 2.05) is 6.07 Å². The molecule has 0 saturated carbocycles. The Morgan fingerprint density at radius 1 is 1.16 bits per heavy atom. The lowest BCUT2D eigenvalue weighted by Crippen LogP contribution is -2.34. The lowest BCUT2D eigenvalue weighted by atomic mass is 10.1. The molecule has 0 spiro atoms. The fourth-order valence-corrected chi connectivity index (χ4v) is 2.17. The molecule has 19 heavy (non-hydrogen) atoms. The van der Waals surface area contributed by atoms with E-state index in [9.17, 15) is 5.11 Å². The van der Waals surface area contributed by atoms with Crippen molar-refractivity contribution in [3.05, 3.63) is 29.3 Å². The molecule has 1 aromatic carbocycles. The molecule has 0 radical (unpaired) electrons. The molecule has 0 aliphatic heterocycles. The third kappa shape index (κ3) is 6.08. The third-order valence-electron chi connectivity index (χ3n) is 3.12. The van der Waals surface area contributed by atoms with Gasteiger partial charge >= 0.3 is 0 Å². The molecule has 0 heterocycles. The zero-order valence-corrected chi connectivity index (χ0v) is 13.0. The molecule has 1 rings (SSSR count). The van der Waals surface area contributed by atoms with E-state index in [4.69, 9.17) is 0 Å². The Hall–Kier alpha value is -1.06. The fourth-order valence-electron chi connectivity index (χ4n) is 2.17. The van der Waals surface area contributed by atoms with Crippen molar-refractivity contribution in [2.75, 3.05) is 33.7 Å². The van der Waals surface area contributed by atoms with E-state index in [0.717, 1.165) is 31.7 Å². The maximum Gasteiger partial charge on any atom is 0.120 e. The molecule has 1 N–H and O–H groups in total. The van der Waals surface area contributed by atoms with Crippen molar-refractivity contribution >= 4 is 0 Å². The maximum atomic E-state index is 9.96. The first kappa shape index (κ1) is 16.0. The van der Waals surface area contributed by atoms with Crippen LogP contribution in [0.4, 0.5) is 0 Å². The molecule has 0 atom stereocenters. The summed E-state index contributed by atoms with van der Waals surface area (Å²) < 4.78 is 0. The Balaban J connectivity index is 2.72. The van der Waals surface area contributed by atoms with E-state index in [1.165, 1.54) is 5.56 Å². The smallest absolute Gasteiger partial charge is 0.120 e. The van der Waals surface area contributed by atoms with Crippen LogP contribution in [0, 0.1) is 12.8 Å². The fraction of sp³-hybridized carbons (Fsp3) is 0.625. The average molecular weight is 264 g/mol. The van der Waals surface area contributed by atoms with Gasteiger partial charge in [-0.25, -0.2) is 0 Å². The summed E-state index contributed by atoms with van der Waals surface area (Å²) in [6.45, 7) is 10.5. The SMILES string of the molecule is Cc1ccc(O)c(CN(CCN(C)C)CC(C)C)c1. The first-order valence-corrected chi connectivity index (χ1v) is 7.04. The van der Waals surface area contributed by atoms with Crippen molar-refractivity contribution in [3.8, 4) is 5.75 Å². The van der Waals surface area contributed by atoms with Crippen LogP contribution in [-0.4, -0.2) is 48.6 Å². The van der Waals surface area contributed by atoms with Gasteiger partial charge in [-0.15, -0.1) is 0 Å². The Bertz CT molecular complexity index is 388. The molecule has 1 aromatic rings. The van der Waals surface area contributed by atoms with Gasteiger partial charge in [0, 0.05) is 31.7 Å². The highest BCUT2D eigenvalue weighted by Crippen LogP contribution is 2.20. The molecule has 0 saturated heterocycles. The van der Waals surface area contributed by atoms with E-state index in [1.54, 1.807) is 6.07 Å². The number of rotatable bonds is 7. The summed E-state index contributed by atoms with van der Waals surface area (Å²) in [5, 5.41) is 9.96. The second-order valence-corrected chi connectivity index (χ2v) is 6.06. The van der Waals surface area contributed by atoms with Gasteiger partial charge in [-0.2, -0.15) is 0 Å². The Kier molecular flexibility index (Phi) is 6.32. The Morgan fingerprint density at radius 3 is 2.42 bits per heavy atom. The highest BCUT2D eigenvalue weighted by atomic mass is 16.3. The van der Waals surface area contributed by atoms with Gasteiger partial charge in [-0.3, -0.25) is 4.90 Å². The quantitative estimate of drug-likeness (QED) is 0.820. The summed E-state index contributed by atoms with van der Waals surface area (Å²) in [5.74, 6) is 1.04. The number of likely N-dealkylation sites (N-methyl/N-ethyl adjacent to an activating group) is 1. The van der Waals surface area contributed by atoms with Crippen LogP contribution >= 0.6 is 0 Å². The van der Waals surface area contributed by atoms with Gasteiger partial charge in [-0.05, 0) is 33.0 Å². The van der Waals surface area contributed by atoms with Gasteiger partial charge < -0.3 is 10.0 Å². The molecule has 0 unspecified atom stereocenters. The highest BCUT2D eigenvalue weighted by Gasteiger charge is 2.11. The zero-order chi connectivity index (χ0) is 14.4. The molecule has 0 bridgehead atoms. The molecule has 3 nitrogen and oxygen atoms in total. The summed E-state index contributed by atoms with van der Waals surface area (Å²) in [7, 11) is 4.19. The number of benzene rings is 1. The number of hydrogen-bond donors (Lipinski definition) is 1. The molecular formula is C16H28N2O. The molecular weight excluding hydrogens is 236 g/mol. The molecule has 0 fully saturated rings. The van der Waals surface area contributed by atoms with Gasteiger partial charge in [0.25, 0.3) is 0 Å². The van der Waals surface area contributed by atoms with E-state index in [2.05, 4.69) is 50.7 Å². The lowest BCUT2D eigenvalue weighted by molar-refractivity contribution is 0.210. The van der Waals surface area contributed by atoms with Crippen molar-refractivity contribution in [2.45, 2.75) is 27.3 Å². The van der Waals surface area contributed by atoms with E-state index >= 15 is 0 Å². The predicted molar refractivity (Wildman–Crippen MR) is 81.5 cm³/mol. The number of aryl methyl sites for hydroxylation is 1. The van der Waals surface area contributed by atoms with Crippen LogP contribution in [0.15, 0.2) is 18.2 Å². The van der Waals surface area contributed by atoms with Gasteiger partial charge in [0.05, 0.1) is 0 Å². The van der Waals surface area contributed by atoms with Gasteiger partial charge in [0.15, 0.2) is 0 Å². The van der Waals surface area contributed by atoms with Gasteiger partial charge in [0.1, 0.15) is 5.75 Å². The number of aromatic hydroxyl groups is 1.